The lowest BCUT2D eigenvalue weighted by Crippen LogP contribution is -2.55. The van der Waals surface area contributed by atoms with Crippen LogP contribution in [0.4, 0.5) is 10.5 Å². The Morgan fingerprint density at radius 1 is 1.40 bits per heavy atom. The molecule has 2 amide bonds. The number of fused-ring (bicyclic) bond motifs is 1. The van der Waals surface area contributed by atoms with E-state index in [-0.39, 0.29) is 12.5 Å². The van der Waals surface area contributed by atoms with E-state index in [4.69, 9.17) is 9.47 Å². The fourth-order valence-corrected chi connectivity index (χ4v) is 4.01. The predicted molar refractivity (Wildman–Crippen MR) is 99.2 cm³/mol. The van der Waals surface area contributed by atoms with Crippen LogP contribution in [-0.2, 0) is 14.3 Å². The Labute approximate surface area is 158 Å². The Balaban J connectivity index is 1.71. The average Bonchev–Trinajstić information content (AvgIpc) is 3.02. The Bertz CT molecular complexity index is 763. The molecular weight excluding hydrogens is 410 g/mol. The maximum Gasteiger partial charge on any atom is 0.411 e. The zero-order chi connectivity index (χ0) is 18.2. The first-order chi connectivity index (χ1) is 11.7. The van der Waals surface area contributed by atoms with Gasteiger partial charge < -0.3 is 19.2 Å². The number of halogens is 1. The van der Waals surface area contributed by atoms with Gasteiger partial charge in [-0.25, -0.2) is 4.79 Å². The third kappa shape index (κ3) is 4.34. The summed E-state index contributed by atoms with van der Waals surface area (Å²) in [5, 5.41) is 2.86. The van der Waals surface area contributed by atoms with Crippen LogP contribution in [-0.4, -0.2) is 52.7 Å². The van der Waals surface area contributed by atoms with Gasteiger partial charge in [0.2, 0.25) is 5.91 Å². The average molecular weight is 430 g/mol. The monoisotopic (exact) mass is 429 g/mol. The summed E-state index contributed by atoms with van der Waals surface area (Å²) >= 11 is 4.99. The Morgan fingerprint density at radius 2 is 2.16 bits per heavy atom. The van der Waals surface area contributed by atoms with Crippen molar-refractivity contribution in [1.29, 1.82) is 0 Å². The number of morpholine rings is 1. The largest absolute Gasteiger partial charge is 0.444 e. The number of carbonyl (C=O) groups excluding carboxylic acids is 2. The molecule has 3 rings (SSSR count). The lowest BCUT2D eigenvalue weighted by Gasteiger charge is -2.35. The van der Waals surface area contributed by atoms with Gasteiger partial charge in [-0.2, -0.15) is 0 Å². The topological polar surface area (TPSA) is 72.3 Å². The zero-order valence-corrected chi connectivity index (χ0v) is 16.6. The molecule has 1 aliphatic rings. The Hall–Kier alpha value is -1.58. The summed E-state index contributed by atoms with van der Waals surface area (Å²) in [6, 6.07) is 1.17. The molecule has 0 radical (unpaired) electrons. The summed E-state index contributed by atoms with van der Waals surface area (Å²) in [6.07, 6.45) is 3.25. The van der Waals surface area contributed by atoms with Crippen LogP contribution >= 0.6 is 27.3 Å². The number of hydrogen-bond donors (Lipinski definition) is 1. The molecule has 0 spiro atoms. The molecule has 0 aromatic carbocycles. The second-order valence-electron chi connectivity index (χ2n) is 6.76. The lowest BCUT2D eigenvalue weighted by atomic mass is 10.2. The van der Waals surface area contributed by atoms with Gasteiger partial charge in [0.1, 0.15) is 16.5 Å². The van der Waals surface area contributed by atoms with Crippen molar-refractivity contribution in [1.82, 2.24) is 9.30 Å². The number of ether oxygens (including phenoxy) is 2. The van der Waals surface area contributed by atoms with Crippen LogP contribution in [0.25, 0.3) is 4.83 Å². The van der Waals surface area contributed by atoms with E-state index in [1.807, 2.05) is 22.9 Å². The van der Waals surface area contributed by atoms with E-state index in [2.05, 4.69) is 21.2 Å². The molecule has 1 fully saturated rings. The number of anilines is 1. The van der Waals surface area contributed by atoms with Crippen molar-refractivity contribution < 1.29 is 19.1 Å². The fraction of sp³-hybridized carbons (Fsp3) is 0.500. The van der Waals surface area contributed by atoms with E-state index in [0.717, 1.165) is 8.62 Å². The van der Waals surface area contributed by atoms with Crippen molar-refractivity contribution in [2.24, 2.45) is 0 Å². The molecule has 1 N–H and O–H groups in total. The molecule has 0 bridgehead atoms. The SMILES string of the molecule is CC(C)(C)OC(=O)N1CCOC[C@H]1C(=O)Nc1cc2sc(Br)cn2c1. The number of nitrogens with zero attached hydrogens (tertiary/aromatic N) is 2. The summed E-state index contributed by atoms with van der Waals surface area (Å²) in [4.78, 5) is 27.5. The van der Waals surface area contributed by atoms with E-state index in [1.165, 1.54) is 4.90 Å². The number of rotatable bonds is 2. The molecule has 0 unspecified atom stereocenters. The molecule has 7 nitrogen and oxygen atoms in total. The van der Waals surface area contributed by atoms with E-state index in [1.54, 1.807) is 32.1 Å². The van der Waals surface area contributed by atoms with Gasteiger partial charge in [0.15, 0.2) is 0 Å². The van der Waals surface area contributed by atoms with Gasteiger partial charge >= 0.3 is 6.09 Å². The van der Waals surface area contributed by atoms with Crippen LogP contribution in [0, 0.1) is 0 Å². The first-order valence-corrected chi connectivity index (χ1v) is 9.49. The molecule has 0 aliphatic carbocycles. The summed E-state index contributed by atoms with van der Waals surface area (Å²) in [6.45, 7) is 6.26. The van der Waals surface area contributed by atoms with Gasteiger partial charge in [0.05, 0.1) is 22.7 Å². The predicted octanol–water partition coefficient (Wildman–Crippen LogP) is 3.34. The minimum absolute atomic E-state index is 0.152. The molecule has 9 heteroatoms. The number of amides is 2. The third-order valence-electron chi connectivity index (χ3n) is 3.58. The maximum atomic E-state index is 12.7. The van der Waals surface area contributed by atoms with Crippen LogP contribution in [0.5, 0.6) is 0 Å². The molecule has 1 aliphatic heterocycles. The van der Waals surface area contributed by atoms with Crippen molar-refractivity contribution in [3.63, 3.8) is 0 Å². The van der Waals surface area contributed by atoms with Crippen LogP contribution in [0.1, 0.15) is 20.8 Å². The molecule has 1 atom stereocenters. The minimum Gasteiger partial charge on any atom is -0.444 e. The maximum absolute atomic E-state index is 12.7. The number of hydrogen-bond acceptors (Lipinski definition) is 5. The van der Waals surface area contributed by atoms with Gasteiger partial charge in [0.25, 0.3) is 0 Å². The molecule has 136 valence electrons. The highest BCUT2D eigenvalue weighted by Crippen LogP contribution is 2.27. The van der Waals surface area contributed by atoms with Crippen molar-refractivity contribution in [3.05, 3.63) is 22.2 Å². The second-order valence-corrected chi connectivity index (χ2v) is 9.20. The van der Waals surface area contributed by atoms with Crippen LogP contribution in [0.15, 0.2) is 22.2 Å². The van der Waals surface area contributed by atoms with E-state index in [9.17, 15) is 9.59 Å². The molecule has 3 heterocycles. The van der Waals surface area contributed by atoms with Gasteiger partial charge in [0, 0.05) is 18.9 Å². The fourth-order valence-electron chi connectivity index (χ4n) is 2.53. The highest BCUT2D eigenvalue weighted by Gasteiger charge is 2.35. The van der Waals surface area contributed by atoms with Crippen LogP contribution < -0.4 is 5.32 Å². The minimum atomic E-state index is -0.715. The molecule has 2 aromatic heterocycles. The number of carbonyl (C=O) groups is 2. The summed E-state index contributed by atoms with van der Waals surface area (Å²) < 4.78 is 13.7. The molecule has 0 saturated carbocycles. The number of nitrogens with one attached hydrogen (secondary N) is 1. The lowest BCUT2D eigenvalue weighted by molar-refractivity contribution is -0.127. The molecule has 2 aromatic rings. The first kappa shape index (κ1) is 18.2. The highest BCUT2D eigenvalue weighted by molar-refractivity contribution is 9.11. The number of aromatic nitrogens is 1. The van der Waals surface area contributed by atoms with E-state index < -0.39 is 17.7 Å². The first-order valence-electron chi connectivity index (χ1n) is 7.88. The van der Waals surface area contributed by atoms with Crippen molar-refractivity contribution in [2.75, 3.05) is 25.1 Å². The molecule has 1 saturated heterocycles. The smallest absolute Gasteiger partial charge is 0.411 e. The van der Waals surface area contributed by atoms with Crippen molar-refractivity contribution >= 4 is 49.8 Å². The highest BCUT2D eigenvalue weighted by atomic mass is 79.9. The van der Waals surface area contributed by atoms with Crippen molar-refractivity contribution in [2.45, 2.75) is 32.4 Å². The molecular formula is C16H20BrN3O4S. The summed E-state index contributed by atoms with van der Waals surface area (Å²) in [5.74, 6) is -0.289. The number of thiazole rings is 1. The van der Waals surface area contributed by atoms with Gasteiger partial charge in [-0.3, -0.25) is 9.69 Å². The standard InChI is InChI=1S/C16H20BrN3O4S/c1-16(2,3)24-15(22)20-4-5-23-9-11(20)14(21)18-10-6-13-19(7-10)8-12(17)25-13/h6-8,11H,4-5,9H2,1-3H3,(H,18,21)/t11-/m0/s1. The summed E-state index contributed by atoms with van der Waals surface area (Å²) in [7, 11) is 0. The van der Waals surface area contributed by atoms with E-state index >= 15 is 0 Å². The van der Waals surface area contributed by atoms with Gasteiger partial charge in [-0.15, -0.1) is 11.3 Å². The van der Waals surface area contributed by atoms with Gasteiger partial charge in [-0.1, -0.05) is 0 Å². The Kier molecular flexibility index (Phi) is 5.08. The Morgan fingerprint density at radius 3 is 2.84 bits per heavy atom. The normalized spacial score (nSPS) is 18.4. The van der Waals surface area contributed by atoms with Crippen LogP contribution in [0.3, 0.4) is 0 Å². The van der Waals surface area contributed by atoms with Gasteiger partial charge in [-0.05, 0) is 42.8 Å². The third-order valence-corrected chi connectivity index (χ3v) is 5.11. The van der Waals surface area contributed by atoms with Crippen LogP contribution in [0.2, 0.25) is 0 Å². The van der Waals surface area contributed by atoms with E-state index in [0.29, 0.717) is 18.8 Å². The molecule has 25 heavy (non-hydrogen) atoms. The van der Waals surface area contributed by atoms with Crippen molar-refractivity contribution in [3.8, 4) is 0 Å². The zero-order valence-electron chi connectivity index (χ0n) is 14.2. The second kappa shape index (κ2) is 6.97. The summed E-state index contributed by atoms with van der Waals surface area (Å²) in [5.41, 5.74) is 0.0645. The quantitative estimate of drug-likeness (QED) is 0.794.